The van der Waals surface area contributed by atoms with Crippen molar-refractivity contribution < 1.29 is 4.79 Å². The van der Waals surface area contributed by atoms with Gasteiger partial charge in [0.2, 0.25) is 5.91 Å². The number of thioether (sulfide) groups is 1. The number of benzene rings is 1. The Kier molecular flexibility index (Phi) is 8.32. The molecule has 7 heteroatoms. The highest BCUT2D eigenvalue weighted by Crippen LogP contribution is 2.48. The van der Waals surface area contributed by atoms with Gasteiger partial charge in [-0.15, -0.1) is 24.8 Å². The van der Waals surface area contributed by atoms with Crippen LogP contribution >= 0.6 is 36.6 Å². The van der Waals surface area contributed by atoms with Crippen molar-refractivity contribution in [3.63, 3.8) is 0 Å². The molecule has 0 spiro atoms. The van der Waals surface area contributed by atoms with E-state index in [9.17, 15) is 4.79 Å². The van der Waals surface area contributed by atoms with Gasteiger partial charge in [0.15, 0.2) is 0 Å². The standard InChI is InChI=1S/C20H29N3OS.2ClH/c1-13-16(12-23-7-9-25-10-8-23)3-2-4-17(13)22-20(24)18-14-5-6-15(11-14)19(18)21;;/h2-4,14-15,18-19H,5-12,21H2,1H3,(H,22,24);2*1H. The molecule has 3 fully saturated rings. The third kappa shape index (κ3) is 4.76. The van der Waals surface area contributed by atoms with Crippen molar-refractivity contribution >= 4 is 48.2 Å². The second kappa shape index (κ2) is 9.84. The predicted molar refractivity (Wildman–Crippen MR) is 119 cm³/mol. The third-order valence-electron chi connectivity index (χ3n) is 6.48. The van der Waals surface area contributed by atoms with Crippen molar-refractivity contribution in [3.05, 3.63) is 29.3 Å². The van der Waals surface area contributed by atoms with E-state index in [-0.39, 0.29) is 42.7 Å². The van der Waals surface area contributed by atoms with Crippen LogP contribution in [0.1, 0.15) is 30.4 Å². The van der Waals surface area contributed by atoms with Gasteiger partial charge < -0.3 is 11.1 Å². The van der Waals surface area contributed by atoms with E-state index in [1.807, 2.05) is 17.8 Å². The maximum atomic E-state index is 12.9. The van der Waals surface area contributed by atoms with E-state index >= 15 is 0 Å². The molecule has 2 saturated carbocycles. The fourth-order valence-corrected chi connectivity index (χ4v) is 5.91. The van der Waals surface area contributed by atoms with Gasteiger partial charge in [0.25, 0.3) is 0 Å². The Labute approximate surface area is 179 Å². The molecule has 3 aliphatic rings. The number of hydrogen-bond acceptors (Lipinski definition) is 4. The summed E-state index contributed by atoms with van der Waals surface area (Å²) in [5, 5.41) is 3.20. The zero-order valence-electron chi connectivity index (χ0n) is 15.9. The lowest BCUT2D eigenvalue weighted by Crippen LogP contribution is -2.42. The van der Waals surface area contributed by atoms with Crippen molar-refractivity contribution in [1.82, 2.24) is 4.90 Å². The number of halogens is 2. The van der Waals surface area contributed by atoms with Gasteiger partial charge in [-0.2, -0.15) is 11.8 Å². The summed E-state index contributed by atoms with van der Waals surface area (Å²) in [7, 11) is 0. The van der Waals surface area contributed by atoms with Crippen molar-refractivity contribution in [2.45, 2.75) is 38.8 Å². The number of nitrogens with zero attached hydrogens (tertiary/aromatic N) is 1. The fourth-order valence-electron chi connectivity index (χ4n) is 4.93. The first-order valence-corrected chi connectivity index (χ1v) is 10.7. The fraction of sp³-hybridized carbons (Fsp3) is 0.650. The number of anilines is 1. The molecule has 2 aliphatic carbocycles. The summed E-state index contributed by atoms with van der Waals surface area (Å²) >= 11 is 2.03. The number of carbonyl (C=O) groups excluding carboxylic acids is 1. The van der Waals surface area contributed by atoms with Crippen LogP contribution < -0.4 is 11.1 Å². The van der Waals surface area contributed by atoms with E-state index in [1.54, 1.807) is 0 Å². The number of nitrogens with one attached hydrogen (secondary N) is 1. The van der Waals surface area contributed by atoms with Crippen LogP contribution in [0.5, 0.6) is 0 Å². The monoisotopic (exact) mass is 431 g/mol. The van der Waals surface area contributed by atoms with Crippen molar-refractivity contribution in [2.75, 3.05) is 29.9 Å². The molecule has 3 N–H and O–H groups in total. The Morgan fingerprint density at radius 1 is 1.22 bits per heavy atom. The van der Waals surface area contributed by atoms with Gasteiger partial charge >= 0.3 is 0 Å². The first kappa shape index (κ1) is 22.8. The van der Waals surface area contributed by atoms with Crippen molar-refractivity contribution in [2.24, 2.45) is 23.5 Å². The minimum absolute atomic E-state index is 0. The molecular formula is C20H31Cl2N3OS. The molecule has 2 bridgehead atoms. The molecule has 0 radical (unpaired) electrons. The molecule has 4 atom stereocenters. The van der Waals surface area contributed by atoms with Crippen LogP contribution in [0, 0.1) is 24.7 Å². The summed E-state index contributed by atoms with van der Waals surface area (Å²) in [6.07, 6.45) is 3.52. The van der Waals surface area contributed by atoms with Crippen molar-refractivity contribution in [1.29, 1.82) is 0 Å². The summed E-state index contributed by atoms with van der Waals surface area (Å²) < 4.78 is 0. The third-order valence-corrected chi connectivity index (χ3v) is 7.43. The van der Waals surface area contributed by atoms with Gasteiger partial charge in [-0.05, 0) is 55.2 Å². The van der Waals surface area contributed by atoms with Gasteiger partial charge in [-0.1, -0.05) is 12.1 Å². The predicted octanol–water partition coefficient (Wildman–Crippen LogP) is 3.70. The van der Waals surface area contributed by atoms with Crippen LogP contribution in [0.2, 0.25) is 0 Å². The van der Waals surface area contributed by atoms with Crippen molar-refractivity contribution in [3.8, 4) is 0 Å². The summed E-state index contributed by atoms with van der Waals surface area (Å²) in [6.45, 7) is 5.41. The van der Waals surface area contributed by atoms with E-state index in [1.165, 1.54) is 35.5 Å². The minimum atomic E-state index is 0. The van der Waals surface area contributed by atoms with Crippen LogP contribution in [-0.4, -0.2) is 41.4 Å². The van der Waals surface area contributed by atoms with Crippen LogP contribution in [0.4, 0.5) is 5.69 Å². The first-order chi connectivity index (χ1) is 12.1. The normalized spacial score (nSPS) is 29.7. The smallest absolute Gasteiger partial charge is 0.229 e. The molecule has 1 aromatic rings. The molecule has 1 aromatic carbocycles. The average Bonchev–Trinajstić information content (AvgIpc) is 3.20. The van der Waals surface area contributed by atoms with Crippen LogP contribution in [0.15, 0.2) is 18.2 Å². The highest BCUT2D eigenvalue weighted by atomic mass is 35.5. The van der Waals surface area contributed by atoms with E-state index in [4.69, 9.17) is 5.73 Å². The van der Waals surface area contributed by atoms with Crippen LogP contribution in [0.25, 0.3) is 0 Å². The van der Waals surface area contributed by atoms with Gasteiger partial charge in [0, 0.05) is 42.9 Å². The number of hydrogen-bond donors (Lipinski definition) is 2. The van der Waals surface area contributed by atoms with E-state index in [2.05, 4.69) is 29.3 Å². The molecule has 27 heavy (non-hydrogen) atoms. The summed E-state index contributed by atoms with van der Waals surface area (Å²) in [5.41, 5.74) is 9.82. The van der Waals surface area contributed by atoms with Crippen LogP contribution in [0.3, 0.4) is 0 Å². The number of carbonyl (C=O) groups is 1. The SMILES string of the molecule is Cc1c(CN2CCSCC2)cccc1NC(=O)C1C2CCC(C2)C1N.Cl.Cl. The maximum absolute atomic E-state index is 12.9. The lowest BCUT2D eigenvalue weighted by atomic mass is 9.84. The first-order valence-electron chi connectivity index (χ1n) is 9.58. The largest absolute Gasteiger partial charge is 0.327 e. The topological polar surface area (TPSA) is 58.4 Å². The molecule has 0 aromatic heterocycles. The highest BCUT2D eigenvalue weighted by Gasteiger charge is 2.49. The zero-order chi connectivity index (χ0) is 17.4. The quantitative estimate of drug-likeness (QED) is 0.762. The second-order valence-electron chi connectivity index (χ2n) is 7.90. The van der Waals surface area contributed by atoms with Gasteiger partial charge in [0.1, 0.15) is 0 Å². The molecule has 1 amide bonds. The second-order valence-corrected chi connectivity index (χ2v) is 9.13. The Bertz CT molecular complexity index is 652. The Morgan fingerprint density at radius 2 is 1.93 bits per heavy atom. The molecule has 152 valence electrons. The summed E-state index contributed by atoms with van der Waals surface area (Å²) in [6, 6.07) is 6.34. The Balaban J connectivity index is 0.00000131. The number of amides is 1. The number of nitrogens with two attached hydrogens (primary N) is 1. The number of rotatable bonds is 4. The maximum Gasteiger partial charge on any atom is 0.229 e. The molecule has 1 aliphatic heterocycles. The molecule has 4 nitrogen and oxygen atoms in total. The Morgan fingerprint density at radius 3 is 2.59 bits per heavy atom. The lowest BCUT2D eigenvalue weighted by Gasteiger charge is -2.28. The van der Waals surface area contributed by atoms with Gasteiger partial charge in [0.05, 0.1) is 5.92 Å². The van der Waals surface area contributed by atoms with E-state index < -0.39 is 0 Å². The van der Waals surface area contributed by atoms with Gasteiger partial charge in [-0.3, -0.25) is 9.69 Å². The number of fused-ring (bicyclic) bond motifs is 2. The highest BCUT2D eigenvalue weighted by molar-refractivity contribution is 7.99. The van der Waals surface area contributed by atoms with E-state index in [0.29, 0.717) is 11.8 Å². The molecule has 4 rings (SSSR count). The Hall–Kier alpha value is -0.460. The molecule has 1 heterocycles. The molecule has 4 unspecified atom stereocenters. The molecule has 1 saturated heterocycles. The summed E-state index contributed by atoms with van der Waals surface area (Å²) in [5.74, 6) is 3.63. The summed E-state index contributed by atoms with van der Waals surface area (Å²) in [4.78, 5) is 15.4. The van der Waals surface area contributed by atoms with Gasteiger partial charge in [-0.25, -0.2) is 0 Å². The van der Waals surface area contributed by atoms with E-state index in [0.717, 1.165) is 31.7 Å². The van der Waals surface area contributed by atoms with Crippen LogP contribution in [-0.2, 0) is 11.3 Å². The average molecular weight is 432 g/mol. The lowest BCUT2D eigenvalue weighted by molar-refractivity contribution is -0.121. The minimum Gasteiger partial charge on any atom is -0.327 e. The molecular weight excluding hydrogens is 401 g/mol. The zero-order valence-corrected chi connectivity index (χ0v) is 18.3.